The molecule has 0 spiro atoms. The molecule has 1 fully saturated rings. The lowest BCUT2D eigenvalue weighted by Gasteiger charge is -2.36. The van der Waals surface area contributed by atoms with Crippen molar-refractivity contribution in [2.24, 2.45) is 11.8 Å². The molecule has 0 aromatic heterocycles. The summed E-state index contributed by atoms with van der Waals surface area (Å²) in [6.07, 6.45) is 0.181. The van der Waals surface area contributed by atoms with Crippen molar-refractivity contribution in [3.8, 4) is 0 Å². The van der Waals surface area contributed by atoms with Crippen molar-refractivity contribution in [2.45, 2.75) is 26.4 Å². The Hall–Kier alpha value is -1.06. The molecule has 4 nitrogen and oxygen atoms in total. The Balaban J connectivity index is 2.60. The van der Waals surface area contributed by atoms with Crippen LogP contribution >= 0.6 is 0 Å². The second-order valence-electron chi connectivity index (χ2n) is 3.29. The van der Waals surface area contributed by atoms with Gasteiger partial charge in [0.2, 0.25) is 6.10 Å². The van der Waals surface area contributed by atoms with E-state index in [2.05, 4.69) is 4.74 Å². The van der Waals surface area contributed by atoms with Gasteiger partial charge in [-0.15, -0.1) is 0 Å². The van der Waals surface area contributed by atoms with Crippen LogP contribution in [0.1, 0.15) is 20.3 Å². The quantitative estimate of drug-likeness (QED) is 0.610. The highest BCUT2D eigenvalue weighted by Crippen LogP contribution is 2.31. The molecule has 1 heterocycles. The summed E-state index contributed by atoms with van der Waals surface area (Å²) >= 11 is 0. The van der Waals surface area contributed by atoms with Crippen LogP contribution in [0.15, 0.2) is 0 Å². The first-order valence-electron chi connectivity index (χ1n) is 4.40. The minimum absolute atomic E-state index is 0.172. The minimum atomic E-state index is -0.674. The second-order valence-corrected chi connectivity index (χ2v) is 3.29. The summed E-state index contributed by atoms with van der Waals surface area (Å²) in [5.74, 6) is -0.877. The normalized spacial score (nSPS) is 28.7. The fourth-order valence-corrected chi connectivity index (χ4v) is 1.42. The van der Waals surface area contributed by atoms with E-state index in [4.69, 9.17) is 4.74 Å². The highest BCUT2D eigenvalue weighted by atomic mass is 16.6. The Morgan fingerprint density at radius 1 is 1.69 bits per heavy atom. The molecule has 4 heteroatoms. The molecule has 74 valence electrons. The number of methoxy groups -OCH3 is 1. The number of esters is 2. The van der Waals surface area contributed by atoms with E-state index in [0.29, 0.717) is 0 Å². The lowest BCUT2D eigenvalue weighted by Crippen LogP contribution is -2.53. The van der Waals surface area contributed by atoms with E-state index in [-0.39, 0.29) is 17.8 Å². The van der Waals surface area contributed by atoms with Gasteiger partial charge in [0, 0.05) is 0 Å². The predicted octanol–water partition coefficient (Wildman–Crippen LogP) is 0.747. The van der Waals surface area contributed by atoms with Crippen molar-refractivity contribution in [2.75, 3.05) is 7.11 Å². The lowest BCUT2D eigenvalue weighted by atomic mass is 9.83. The summed E-state index contributed by atoms with van der Waals surface area (Å²) in [4.78, 5) is 22.1. The largest absolute Gasteiger partial charge is 0.466 e. The van der Waals surface area contributed by atoms with Crippen LogP contribution in [0, 0.1) is 11.8 Å². The van der Waals surface area contributed by atoms with E-state index >= 15 is 0 Å². The van der Waals surface area contributed by atoms with E-state index in [9.17, 15) is 9.59 Å². The van der Waals surface area contributed by atoms with Gasteiger partial charge in [0.25, 0.3) is 0 Å². The summed E-state index contributed by atoms with van der Waals surface area (Å²) in [7, 11) is 1.29. The molecule has 1 aliphatic heterocycles. The Bertz CT molecular complexity index is 224. The van der Waals surface area contributed by atoms with Crippen molar-refractivity contribution in [3.63, 3.8) is 0 Å². The van der Waals surface area contributed by atoms with Crippen LogP contribution in [0.25, 0.3) is 0 Å². The van der Waals surface area contributed by atoms with Crippen LogP contribution in [0.4, 0.5) is 0 Å². The maximum Gasteiger partial charge on any atom is 0.348 e. The molecule has 1 aliphatic rings. The van der Waals surface area contributed by atoms with Crippen molar-refractivity contribution >= 4 is 11.9 Å². The first-order chi connectivity index (χ1) is 6.11. The van der Waals surface area contributed by atoms with Crippen molar-refractivity contribution < 1.29 is 19.1 Å². The molecule has 0 saturated carbocycles. The van der Waals surface area contributed by atoms with Crippen LogP contribution in [-0.4, -0.2) is 25.2 Å². The smallest absolute Gasteiger partial charge is 0.348 e. The molecule has 0 aromatic rings. The lowest BCUT2D eigenvalue weighted by molar-refractivity contribution is -0.201. The van der Waals surface area contributed by atoms with E-state index in [1.165, 1.54) is 7.11 Å². The van der Waals surface area contributed by atoms with E-state index in [0.717, 1.165) is 6.42 Å². The number of carbonyl (C=O) groups excluding carboxylic acids is 2. The van der Waals surface area contributed by atoms with Crippen LogP contribution in [0.2, 0.25) is 0 Å². The first-order valence-corrected chi connectivity index (χ1v) is 4.40. The Morgan fingerprint density at radius 3 is 2.69 bits per heavy atom. The van der Waals surface area contributed by atoms with Crippen LogP contribution in [-0.2, 0) is 19.1 Å². The van der Waals surface area contributed by atoms with Gasteiger partial charge in [-0.25, -0.2) is 4.79 Å². The van der Waals surface area contributed by atoms with Gasteiger partial charge < -0.3 is 9.47 Å². The van der Waals surface area contributed by atoms with E-state index in [1.807, 2.05) is 13.8 Å². The van der Waals surface area contributed by atoms with Gasteiger partial charge in [-0.3, -0.25) is 4.79 Å². The fraction of sp³-hybridized carbons (Fsp3) is 0.778. The average molecular weight is 186 g/mol. The summed E-state index contributed by atoms with van der Waals surface area (Å²) in [5, 5.41) is 0. The molecule has 0 unspecified atom stereocenters. The summed E-state index contributed by atoms with van der Waals surface area (Å²) in [6.45, 7) is 3.91. The van der Waals surface area contributed by atoms with Crippen molar-refractivity contribution in [1.29, 1.82) is 0 Å². The summed E-state index contributed by atoms with van der Waals surface area (Å²) in [5.41, 5.74) is 0. The monoisotopic (exact) mass is 186 g/mol. The number of carbonyl (C=O) groups is 2. The van der Waals surface area contributed by atoms with Crippen molar-refractivity contribution in [3.05, 3.63) is 0 Å². The second kappa shape index (κ2) is 3.77. The van der Waals surface area contributed by atoms with Crippen molar-refractivity contribution in [1.82, 2.24) is 0 Å². The van der Waals surface area contributed by atoms with Crippen LogP contribution < -0.4 is 0 Å². The van der Waals surface area contributed by atoms with Gasteiger partial charge in [-0.05, 0) is 5.92 Å². The number of ether oxygens (including phenoxy) is 2. The third-order valence-corrected chi connectivity index (χ3v) is 2.53. The zero-order chi connectivity index (χ0) is 10.0. The third-order valence-electron chi connectivity index (χ3n) is 2.53. The Morgan fingerprint density at radius 2 is 2.31 bits per heavy atom. The van der Waals surface area contributed by atoms with Crippen LogP contribution in [0.3, 0.4) is 0 Å². The highest BCUT2D eigenvalue weighted by molar-refractivity contribution is 5.91. The SMILES string of the molecule is CC[C@H](C)[C@@H]1C(=O)O[C@H]1C(=O)OC. The first kappa shape index (κ1) is 10.0. The Kier molecular flexibility index (Phi) is 2.90. The third kappa shape index (κ3) is 1.66. The maximum atomic E-state index is 11.1. The number of hydrogen-bond donors (Lipinski definition) is 0. The van der Waals surface area contributed by atoms with Gasteiger partial charge in [0.15, 0.2) is 0 Å². The molecule has 3 atom stereocenters. The topological polar surface area (TPSA) is 52.6 Å². The molecule has 0 aliphatic carbocycles. The zero-order valence-electron chi connectivity index (χ0n) is 8.07. The molecule has 13 heavy (non-hydrogen) atoms. The van der Waals surface area contributed by atoms with Gasteiger partial charge >= 0.3 is 11.9 Å². The maximum absolute atomic E-state index is 11.1. The fourth-order valence-electron chi connectivity index (χ4n) is 1.42. The molecular weight excluding hydrogens is 172 g/mol. The van der Waals surface area contributed by atoms with Gasteiger partial charge in [0.05, 0.1) is 7.11 Å². The molecule has 0 amide bonds. The molecule has 0 N–H and O–H groups in total. The predicted molar refractivity (Wildman–Crippen MR) is 44.8 cm³/mol. The van der Waals surface area contributed by atoms with Gasteiger partial charge in [-0.1, -0.05) is 20.3 Å². The number of cyclic esters (lactones) is 1. The molecule has 1 saturated heterocycles. The molecule has 0 bridgehead atoms. The molecule has 0 aromatic carbocycles. The summed E-state index contributed by atoms with van der Waals surface area (Å²) in [6, 6.07) is 0. The number of hydrogen-bond acceptors (Lipinski definition) is 4. The standard InChI is InChI=1S/C9H14O4/c1-4-5(2)6-7(9(11)12-3)13-8(6)10/h5-7H,4H2,1-3H3/t5-,6-,7+/m0/s1. The van der Waals surface area contributed by atoms with Gasteiger partial charge in [-0.2, -0.15) is 0 Å². The Labute approximate surface area is 77.2 Å². The van der Waals surface area contributed by atoms with Gasteiger partial charge in [0.1, 0.15) is 5.92 Å². The highest BCUT2D eigenvalue weighted by Gasteiger charge is 2.50. The molecular formula is C9H14O4. The van der Waals surface area contributed by atoms with E-state index < -0.39 is 12.1 Å². The minimum Gasteiger partial charge on any atom is -0.466 e. The number of rotatable bonds is 3. The van der Waals surface area contributed by atoms with E-state index in [1.54, 1.807) is 0 Å². The summed E-state index contributed by atoms with van der Waals surface area (Å²) < 4.78 is 9.23. The average Bonchev–Trinajstić information content (AvgIpc) is 2.12. The molecule has 0 radical (unpaired) electrons. The molecule has 1 rings (SSSR count). The van der Waals surface area contributed by atoms with Crippen LogP contribution in [0.5, 0.6) is 0 Å². The zero-order valence-corrected chi connectivity index (χ0v) is 8.07.